The van der Waals surface area contributed by atoms with Crippen molar-refractivity contribution in [3.8, 4) is 0 Å². The standard InChI is InChI=1S/C17H22Cl2N4OS/c1-9-5-4-6-14(10(9)2)20-16(24)11(3)25-17-22-21-15-13(19)7-12(18)8-23(15)17/h7-11,14H,4-6H2,1-3H3,(H,20,24)/t9-,10+,11+,14+/m0/s1. The normalized spacial score (nSPS) is 25.1. The first-order valence-corrected chi connectivity index (χ1v) is 10.2. The molecular weight excluding hydrogens is 379 g/mol. The maximum absolute atomic E-state index is 12.6. The van der Waals surface area contributed by atoms with Gasteiger partial charge in [-0.2, -0.15) is 0 Å². The maximum Gasteiger partial charge on any atom is 0.233 e. The van der Waals surface area contributed by atoms with Crippen LogP contribution in [0.25, 0.3) is 5.65 Å². The van der Waals surface area contributed by atoms with Crippen molar-refractivity contribution >= 4 is 46.5 Å². The Morgan fingerprint density at radius 1 is 1.36 bits per heavy atom. The number of rotatable bonds is 4. The molecule has 0 unspecified atom stereocenters. The molecule has 8 heteroatoms. The fourth-order valence-corrected chi connectivity index (χ4v) is 4.62. The molecule has 1 fully saturated rings. The fourth-order valence-electron chi connectivity index (χ4n) is 3.28. The van der Waals surface area contributed by atoms with Crippen molar-refractivity contribution in [1.82, 2.24) is 19.9 Å². The van der Waals surface area contributed by atoms with Gasteiger partial charge in [-0.3, -0.25) is 9.20 Å². The van der Waals surface area contributed by atoms with Crippen molar-refractivity contribution in [1.29, 1.82) is 0 Å². The molecule has 0 radical (unpaired) electrons. The van der Waals surface area contributed by atoms with Gasteiger partial charge in [0.05, 0.1) is 15.3 Å². The molecule has 1 amide bonds. The summed E-state index contributed by atoms with van der Waals surface area (Å²) in [7, 11) is 0. The molecule has 2 aromatic heterocycles. The summed E-state index contributed by atoms with van der Waals surface area (Å²) < 4.78 is 1.73. The second-order valence-corrected chi connectivity index (χ2v) is 8.98. The van der Waals surface area contributed by atoms with Crippen LogP contribution in [-0.4, -0.2) is 31.8 Å². The minimum Gasteiger partial charge on any atom is -0.352 e. The maximum atomic E-state index is 12.6. The minimum atomic E-state index is -0.283. The smallest absolute Gasteiger partial charge is 0.233 e. The van der Waals surface area contributed by atoms with Gasteiger partial charge in [-0.1, -0.05) is 61.7 Å². The summed E-state index contributed by atoms with van der Waals surface area (Å²) in [5, 5.41) is 12.7. The van der Waals surface area contributed by atoms with Crippen LogP contribution in [0, 0.1) is 11.8 Å². The molecular formula is C17H22Cl2N4OS. The third-order valence-electron chi connectivity index (χ3n) is 5.08. The summed E-state index contributed by atoms with van der Waals surface area (Å²) in [6, 6.07) is 1.88. The average molecular weight is 401 g/mol. The molecule has 25 heavy (non-hydrogen) atoms. The van der Waals surface area contributed by atoms with Gasteiger partial charge in [0, 0.05) is 12.2 Å². The lowest BCUT2D eigenvalue weighted by molar-refractivity contribution is -0.121. The number of amides is 1. The molecule has 0 aliphatic heterocycles. The first kappa shape index (κ1) is 18.8. The number of carbonyl (C=O) groups excluding carboxylic acids is 1. The number of nitrogens with zero attached hydrogens (tertiary/aromatic N) is 3. The van der Waals surface area contributed by atoms with Gasteiger partial charge in [0.15, 0.2) is 10.8 Å². The molecule has 1 saturated carbocycles. The van der Waals surface area contributed by atoms with Crippen molar-refractivity contribution in [3.63, 3.8) is 0 Å². The highest BCUT2D eigenvalue weighted by Crippen LogP contribution is 2.31. The highest BCUT2D eigenvalue weighted by atomic mass is 35.5. The number of hydrogen-bond donors (Lipinski definition) is 1. The van der Waals surface area contributed by atoms with E-state index in [9.17, 15) is 4.79 Å². The average Bonchev–Trinajstić information content (AvgIpc) is 2.95. The zero-order valence-corrected chi connectivity index (χ0v) is 16.8. The number of carbonyl (C=O) groups is 1. The van der Waals surface area contributed by atoms with Gasteiger partial charge in [-0.25, -0.2) is 0 Å². The highest BCUT2D eigenvalue weighted by molar-refractivity contribution is 8.00. The van der Waals surface area contributed by atoms with E-state index in [4.69, 9.17) is 23.2 Å². The summed E-state index contributed by atoms with van der Waals surface area (Å²) >= 11 is 13.6. The van der Waals surface area contributed by atoms with E-state index in [2.05, 4.69) is 29.4 Å². The van der Waals surface area contributed by atoms with Crippen LogP contribution in [-0.2, 0) is 4.79 Å². The van der Waals surface area contributed by atoms with E-state index >= 15 is 0 Å². The number of aromatic nitrogens is 3. The van der Waals surface area contributed by atoms with Crippen molar-refractivity contribution in [3.05, 3.63) is 22.3 Å². The molecule has 3 rings (SSSR count). The number of thioether (sulfide) groups is 1. The second kappa shape index (κ2) is 7.72. The van der Waals surface area contributed by atoms with Gasteiger partial charge in [0.1, 0.15) is 0 Å². The van der Waals surface area contributed by atoms with Gasteiger partial charge in [0.2, 0.25) is 5.91 Å². The van der Waals surface area contributed by atoms with Crippen LogP contribution in [0.15, 0.2) is 17.4 Å². The topological polar surface area (TPSA) is 59.3 Å². The van der Waals surface area contributed by atoms with E-state index in [0.717, 1.165) is 6.42 Å². The van der Waals surface area contributed by atoms with Gasteiger partial charge >= 0.3 is 0 Å². The Morgan fingerprint density at radius 2 is 2.12 bits per heavy atom. The van der Waals surface area contributed by atoms with Crippen molar-refractivity contribution in [2.24, 2.45) is 11.8 Å². The Kier molecular flexibility index (Phi) is 5.81. The zero-order valence-electron chi connectivity index (χ0n) is 14.5. The lowest BCUT2D eigenvalue weighted by Crippen LogP contribution is -2.46. The fraction of sp³-hybridized carbons (Fsp3) is 0.588. The zero-order chi connectivity index (χ0) is 18.1. The second-order valence-electron chi connectivity index (χ2n) is 6.82. The first-order chi connectivity index (χ1) is 11.9. The number of pyridine rings is 1. The predicted octanol–water partition coefficient (Wildman–Crippen LogP) is 4.46. The molecule has 0 spiro atoms. The number of nitrogens with one attached hydrogen (secondary N) is 1. The minimum absolute atomic E-state index is 0.0285. The summed E-state index contributed by atoms with van der Waals surface area (Å²) in [5.74, 6) is 1.17. The van der Waals surface area contributed by atoms with Crippen LogP contribution in [0.4, 0.5) is 0 Å². The monoisotopic (exact) mass is 400 g/mol. The van der Waals surface area contributed by atoms with Crippen LogP contribution in [0.3, 0.4) is 0 Å². The molecule has 2 heterocycles. The van der Waals surface area contributed by atoms with Gasteiger partial charge in [-0.15, -0.1) is 10.2 Å². The Balaban J connectivity index is 1.69. The van der Waals surface area contributed by atoms with E-state index in [1.807, 2.05) is 6.92 Å². The molecule has 1 aliphatic carbocycles. The summed E-state index contributed by atoms with van der Waals surface area (Å²) in [4.78, 5) is 12.6. The van der Waals surface area contributed by atoms with Gasteiger partial charge < -0.3 is 5.32 Å². The van der Waals surface area contributed by atoms with E-state index in [0.29, 0.717) is 32.7 Å². The molecule has 1 aliphatic rings. The molecule has 1 N–H and O–H groups in total. The largest absolute Gasteiger partial charge is 0.352 e. The molecule has 5 nitrogen and oxygen atoms in total. The third kappa shape index (κ3) is 4.07. The molecule has 0 aromatic carbocycles. The van der Waals surface area contributed by atoms with Crippen LogP contribution in [0.2, 0.25) is 10.0 Å². The van der Waals surface area contributed by atoms with Crippen molar-refractivity contribution in [2.45, 2.75) is 56.5 Å². The molecule has 0 saturated heterocycles. The number of halogens is 2. The van der Waals surface area contributed by atoms with E-state index in [1.54, 1.807) is 16.7 Å². The summed E-state index contributed by atoms with van der Waals surface area (Å²) in [6.07, 6.45) is 5.17. The van der Waals surface area contributed by atoms with Crippen LogP contribution in [0.1, 0.15) is 40.0 Å². The summed E-state index contributed by atoms with van der Waals surface area (Å²) in [5.41, 5.74) is 0.538. The number of hydrogen-bond acceptors (Lipinski definition) is 4. The lowest BCUT2D eigenvalue weighted by atomic mass is 9.78. The van der Waals surface area contributed by atoms with Crippen LogP contribution < -0.4 is 5.32 Å². The van der Waals surface area contributed by atoms with E-state index < -0.39 is 0 Å². The molecule has 0 bridgehead atoms. The highest BCUT2D eigenvalue weighted by Gasteiger charge is 2.29. The lowest BCUT2D eigenvalue weighted by Gasteiger charge is -2.35. The molecule has 2 aromatic rings. The Morgan fingerprint density at radius 3 is 2.88 bits per heavy atom. The first-order valence-electron chi connectivity index (χ1n) is 8.53. The van der Waals surface area contributed by atoms with Crippen LogP contribution in [0.5, 0.6) is 0 Å². The van der Waals surface area contributed by atoms with E-state index in [-0.39, 0.29) is 17.2 Å². The van der Waals surface area contributed by atoms with Gasteiger partial charge in [0.25, 0.3) is 0 Å². The van der Waals surface area contributed by atoms with Gasteiger partial charge in [-0.05, 0) is 31.2 Å². The quantitative estimate of drug-likeness (QED) is 0.769. The van der Waals surface area contributed by atoms with E-state index in [1.165, 1.54) is 24.6 Å². The Hall–Kier alpha value is -0.980. The molecule has 4 atom stereocenters. The SMILES string of the molecule is C[C@@H]1[C@@H](C)CCC[C@H]1NC(=O)[C@@H](C)Sc1nnc2c(Cl)cc(Cl)cn12. The predicted molar refractivity (Wildman–Crippen MR) is 102 cm³/mol. The Bertz CT molecular complexity index is 781. The number of fused-ring (bicyclic) bond motifs is 1. The van der Waals surface area contributed by atoms with Crippen LogP contribution >= 0.6 is 35.0 Å². The summed E-state index contributed by atoms with van der Waals surface area (Å²) in [6.45, 7) is 6.36. The Labute approximate surface area is 161 Å². The third-order valence-corrected chi connectivity index (χ3v) is 6.62. The van der Waals surface area contributed by atoms with Crippen molar-refractivity contribution < 1.29 is 4.79 Å². The molecule has 136 valence electrons. The van der Waals surface area contributed by atoms with Crippen molar-refractivity contribution in [2.75, 3.05) is 0 Å².